The summed E-state index contributed by atoms with van der Waals surface area (Å²) in [5, 5.41) is 2.92. The van der Waals surface area contributed by atoms with E-state index in [1.807, 2.05) is 72.8 Å². The van der Waals surface area contributed by atoms with E-state index in [9.17, 15) is 4.79 Å². The molecule has 28 heavy (non-hydrogen) atoms. The first-order chi connectivity index (χ1) is 13.8. The van der Waals surface area contributed by atoms with Crippen LogP contribution in [0.25, 0.3) is 0 Å². The number of hydrogen-bond donors (Lipinski definition) is 1. The van der Waals surface area contributed by atoms with Gasteiger partial charge in [0, 0.05) is 5.69 Å². The molecule has 1 N–H and O–H groups in total. The molecule has 4 nitrogen and oxygen atoms in total. The van der Waals surface area contributed by atoms with E-state index in [0.717, 1.165) is 24.2 Å². The number of para-hydroxylation sites is 1. The van der Waals surface area contributed by atoms with E-state index in [4.69, 9.17) is 9.47 Å². The molecule has 0 radical (unpaired) electrons. The summed E-state index contributed by atoms with van der Waals surface area (Å²) in [5.74, 6) is 1.16. The molecule has 0 aliphatic rings. The van der Waals surface area contributed by atoms with Gasteiger partial charge in [-0.15, -0.1) is 0 Å². The van der Waals surface area contributed by atoms with Gasteiger partial charge in [-0.05, 0) is 48.4 Å². The minimum Gasteiger partial charge on any atom is -0.494 e. The summed E-state index contributed by atoms with van der Waals surface area (Å²) in [5.41, 5.74) is 2.27. The number of carbonyl (C=O) groups is 1. The van der Waals surface area contributed by atoms with Gasteiger partial charge in [0.25, 0.3) is 5.91 Å². The lowest BCUT2D eigenvalue weighted by Gasteiger charge is -2.12. The van der Waals surface area contributed by atoms with Crippen LogP contribution >= 0.6 is 0 Å². The molecule has 0 saturated heterocycles. The van der Waals surface area contributed by atoms with Gasteiger partial charge in [0.05, 0.1) is 12.2 Å². The Balaban J connectivity index is 1.62. The van der Waals surface area contributed by atoms with Crippen molar-refractivity contribution in [2.45, 2.75) is 26.4 Å². The van der Waals surface area contributed by atoms with E-state index in [0.29, 0.717) is 30.2 Å². The standard InChI is InChI=1S/C24H25NO3/c1-2-3-17-27-21-15-13-20(14-16-21)25-24(26)22-11-7-8-12-23(22)28-18-19-9-5-4-6-10-19/h4-16H,2-3,17-18H2,1H3,(H,25,26). The van der Waals surface area contributed by atoms with Gasteiger partial charge in [-0.1, -0.05) is 55.8 Å². The van der Waals surface area contributed by atoms with Crippen molar-refractivity contribution in [1.29, 1.82) is 0 Å². The molecule has 4 heteroatoms. The van der Waals surface area contributed by atoms with E-state index in [1.54, 1.807) is 6.07 Å². The molecule has 144 valence electrons. The molecule has 0 atom stereocenters. The first kappa shape index (κ1) is 19.5. The second kappa shape index (κ2) is 10.2. The summed E-state index contributed by atoms with van der Waals surface area (Å²) in [4.78, 5) is 12.7. The van der Waals surface area contributed by atoms with Crippen LogP contribution in [0.3, 0.4) is 0 Å². The fourth-order valence-corrected chi connectivity index (χ4v) is 2.68. The Bertz CT molecular complexity index is 876. The predicted molar refractivity (Wildman–Crippen MR) is 112 cm³/mol. The van der Waals surface area contributed by atoms with Crippen LogP contribution in [0.1, 0.15) is 35.7 Å². The number of rotatable bonds is 9. The highest BCUT2D eigenvalue weighted by Gasteiger charge is 2.12. The fraction of sp³-hybridized carbons (Fsp3) is 0.208. The van der Waals surface area contributed by atoms with Gasteiger partial charge in [0.2, 0.25) is 0 Å². The number of ether oxygens (including phenoxy) is 2. The number of unbranched alkanes of at least 4 members (excludes halogenated alkanes) is 1. The Morgan fingerprint density at radius 3 is 2.32 bits per heavy atom. The highest BCUT2D eigenvalue weighted by Crippen LogP contribution is 2.22. The fourth-order valence-electron chi connectivity index (χ4n) is 2.68. The largest absolute Gasteiger partial charge is 0.494 e. The molecule has 0 saturated carbocycles. The van der Waals surface area contributed by atoms with E-state index < -0.39 is 0 Å². The van der Waals surface area contributed by atoms with E-state index in [-0.39, 0.29) is 5.91 Å². The molecular weight excluding hydrogens is 350 g/mol. The Morgan fingerprint density at radius 2 is 1.57 bits per heavy atom. The van der Waals surface area contributed by atoms with E-state index in [1.165, 1.54) is 0 Å². The van der Waals surface area contributed by atoms with Gasteiger partial charge in [-0.2, -0.15) is 0 Å². The number of anilines is 1. The molecule has 0 bridgehead atoms. The molecule has 3 rings (SSSR count). The topological polar surface area (TPSA) is 47.6 Å². The molecule has 3 aromatic carbocycles. The SMILES string of the molecule is CCCCOc1ccc(NC(=O)c2ccccc2OCc2ccccc2)cc1. The lowest BCUT2D eigenvalue weighted by Crippen LogP contribution is -2.13. The minimum absolute atomic E-state index is 0.205. The highest BCUT2D eigenvalue weighted by atomic mass is 16.5. The maximum absolute atomic E-state index is 12.7. The third kappa shape index (κ3) is 5.61. The lowest BCUT2D eigenvalue weighted by atomic mass is 10.1. The van der Waals surface area contributed by atoms with Crippen LogP contribution < -0.4 is 14.8 Å². The maximum Gasteiger partial charge on any atom is 0.259 e. The van der Waals surface area contributed by atoms with Crippen LogP contribution in [-0.4, -0.2) is 12.5 Å². The Labute approximate surface area is 166 Å². The Hall–Kier alpha value is -3.27. The maximum atomic E-state index is 12.7. The van der Waals surface area contributed by atoms with Crippen LogP contribution in [0.15, 0.2) is 78.9 Å². The summed E-state index contributed by atoms with van der Waals surface area (Å²) in [7, 11) is 0. The lowest BCUT2D eigenvalue weighted by molar-refractivity contribution is 0.102. The Kier molecular flexibility index (Phi) is 7.08. The average Bonchev–Trinajstić information content (AvgIpc) is 2.74. The molecule has 0 aromatic heterocycles. The molecule has 0 spiro atoms. The van der Waals surface area contributed by atoms with Gasteiger partial charge in [-0.25, -0.2) is 0 Å². The Morgan fingerprint density at radius 1 is 0.857 bits per heavy atom. The zero-order valence-corrected chi connectivity index (χ0v) is 16.1. The molecule has 1 amide bonds. The average molecular weight is 375 g/mol. The molecule has 0 heterocycles. The van der Waals surface area contributed by atoms with Crippen molar-refractivity contribution >= 4 is 11.6 Å². The van der Waals surface area contributed by atoms with Gasteiger partial charge >= 0.3 is 0 Å². The number of nitrogens with one attached hydrogen (secondary N) is 1. The van der Waals surface area contributed by atoms with Gasteiger partial charge in [0.15, 0.2) is 0 Å². The third-order valence-electron chi connectivity index (χ3n) is 4.25. The summed E-state index contributed by atoms with van der Waals surface area (Å²) < 4.78 is 11.5. The number of carbonyl (C=O) groups excluding carboxylic acids is 1. The first-order valence-corrected chi connectivity index (χ1v) is 9.56. The number of hydrogen-bond acceptors (Lipinski definition) is 3. The van der Waals surface area contributed by atoms with Crippen LogP contribution in [-0.2, 0) is 6.61 Å². The van der Waals surface area contributed by atoms with Gasteiger partial charge in [0.1, 0.15) is 18.1 Å². The number of benzene rings is 3. The quantitative estimate of drug-likeness (QED) is 0.488. The predicted octanol–water partition coefficient (Wildman–Crippen LogP) is 5.70. The van der Waals surface area contributed by atoms with Crippen LogP contribution in [0.2, 0.25) is 0 Å². The van der Waals surface area contributed by atoms with Crippen LogP contribution in [0.4, 0.5) is 5.69 Å². The number of amides is 1. The molecule has 0 unspecified atom stereocenters. The van der Waals surface area contributed by atoms with Crippen LogP contribution in [0.5, 0.6) is 11.5 Å². The molecule has 3 aromatic rings. The normalized spacial score (nSPS) is 10.3. The van der Waals surface area contributed by atoms with E-state index >= 15 is 0 Å². The van der Waals surface area contributed by atoms with Gasteiger partial charge < -0.3 is 14.8 Å². The summed E-state index contributed by atoms with van der Waals surface area (Å²) in [6.45, 7) is 3.24. The second-order valence-corrected chi connectivity index (χ2v) is 6.45. The zero-order chi connectivity index (χ0) is 19.6. The van der Waals surface area contributed by atoms with Crippen molar-refractivity contribution < 1.29 is 14.3 Å². The van der Waals surface area contributed by atoms with Crippen molar-refractivity contribution in [2.75, 3.05) is 11.9 Å². The zero-order valence-electron chi connectivity index (χ0n) is 16.1. The van der Waals surface area contributed by atoms with Crippen molar-refractivity contribution in [3.63, 3.8) is 0 Å². The van der Waals surface area contributed by atoms with Crippen LogP contribution in [0, 0.1) is 0 Å². The molecule has 0 aliphatic heterocycles. The summed E-state index contributed by atoms with van der Waals surface area (Å²) >= 11 is 0. The summed E-state index contributed by atoms with van der Waals surface area (Å²) in [6.07, 6.45) is 2.12. The van der Waals surface area contributed by atoms with Crippen molar-refractivity contribution in [3.8, 4) is 11.5 Å². The smallest absolute Gasteiger partial charge is 0.259 e. The van der Waals surface area contributed by atoms with Crippen molar-refractivity contribution in [3.05, 3.63) is 90.0 Å². The minimum atomic E-state index is -0.205. The molecular formula is C24H25NO3. The highest BCUT2D eigenvalue weighted by molar-refractivity contribution is 6.06. The van der Waals surface area contributed by atoms with Crippen molar-refractivity contribution in [2.24, 2.45) is 0 Å². The van der Waals surface area contributed by atoms with Crippen molar-refractivity contribution in [1.82, 2.24) is 0 Å². The second-order valence-electron chi connectivity index (χ2n) is 6.45. The third-order valence-corrected chi connectivity index (χ3v) is 4.25. The molecule has 0 aliphatic carbocycles. The van der Waals surface area contributed by atoms with Gasteiger partial charge in [-0.3, -0.25) is 4.79 Å². The summed E-state index contributed by atoms with van der Waals surface area (Å²) in [6, 6.07) is 24.5. The van der Waals surface area contributed by atoms with E-state index in [2.05, 4.69) is 12.2 Å². The monoisotopic (exact) mass is 375 g/mol. The first-order valence-electron chi connectivity index (χ1n) is 9.56. The molecule has 0 fully saturated rings.